The third kappa shape index (κ3) is 6.91. The second kappa shape index (κ2) is 10.5. The molecule has 0 saturated heterocycles. The maximum Gasteiger partial charge on any atom is 0.326 e. The van der Waals surface area contributed by atoms with Crippen molar-refractivity contribution in [2.75, 3.05) is 6.54 Å². The number of benzene rings is 2. The van der Waals surface area contributed by atoms with Gasteiger partial charge in [-0.25, -0.2) is 4.79 Å². The van der Waals surface area contributed by atoms with Crippen LogP contribution in [0.15, 0.2) is 60.7 Å². The molecule has 0 fully saturated rings. The summed E-state index contributed by atoms with van der Waals surface area (Å²) in [5, 5.41) is 13.8. The molecule has 2 aromatic rings. The van der Waals surface area contributed by atoms with Gasteiger partial charge in [-0.15, -0.1) is 0 Å². The van der Waals surface area contributed by atoms with E-state index in [1.54, 1.807) is 54.6 Å². The molecule has 2 rings (SSSR count). The fourth-order valence-electron chi connectivity index (χ4n) is 2.26. The van der Waals surface area contributed by atoms with Gasteiger partial charge >= 0.3 is 11.9 Å². The van der Waals surface area contributed by atoms with E-state index in [1.807, 2.05) is 6.07 Å². The Morgan fingerprint density at radius 2 is 1.54 bits per heavy atom. The molecule has 0 saturated carbocycles. The van der Waals surface area contributed by atoms with E-state index < -0.39 is 42.8 Å². The van der Waals surface area contributed by atoms with Crippen molar-refractivity contribution in [3.63, 3.8) is 0 Å². The highest BCUT2D eigenvalue weighted by Crippen LogP contribution is 2.03. The Kier molecular flexibility index (Phi) is 7.71. The number of carboxylic acids is 1. The Balaban J connectivity index is 1.79. The first-order chi connectivity index (χ1) is 13.5. The zero-order chi connectivity index (χ0) is 20.4. The van der Waals surface area contributed by atoms with Gasteiger partial charge in [-0.2, -0.15) is 0 Å². The van der Waals surface area contributed by atoms with Crippen LogP contribution in [0.2, 0.25) is 0 Å². The summed E-state index contributed by atoms with van der Waals surface area (Å²) in [6, 6.07) is 15.7. The topological polar surface area (TPSA) is 122 Å². The van der Waals surface area contributed by atoms with E-state index in [4.69, 9.17) is 4.74 Å². The van der Waals surface area contributed by atoms with E-state index in [9.17, 15) is 24.3 Å². The lowest BCUT2D eigenvalue weighted by atomic mass is 10.2. The van der Waals surface area contributed by atoms with Crippen LogP contribution in [0.4, 0.5) is 0 Å². The summed E-state index contributed by atoms with van der Waals surface area (Å²) in [5.74, 6) is -3.33. The van der Waals surface area contributed by atoms with Crippen molar-refractivity contribution in [2.24, 2.45) is 0 Å². The van der Waals surface area contributed by atoms with Crippen LogP contribution in [0.25, 0.3) is 0 Å². The van der Waals surface area contributed by atoms with Crippen LogP contribution >= 0.6 is 0 Å². The molecular weight excluding hydrogens is 364 g/mol. The highest BCUT2D eigenvalue weighted by atomic mass is 16.5. The third-order valence-electron chi connectivity index (χ3n) is 3.69. The number of hydrogen-bond acceptors (Lipinski definition) is 5. The maximum absolute atomic E-state index is 11.9. The fraction of sp³-hybridized carbons (Fsp3) is 0.200. The number of esters is 1. The van der Waals surface area contributed by atoms with Gasteiger partial charge in [-0.1, -0.05) is 48.5 Å². The third-order valence-corrected chi connectivity index (χ3v) is 3.69. The second-order valence-corrected chi connectivity index (χ2v) is 5.86. The smallest absolute Gasteiger partial charge is 0.326 e. The number of aliphatic carboxylic acids is 1. The summed E-state index contributed by atoms with van der Waals surface area (Å²) >= 11 is 0. The van der Waals surface area contributed by atoms with Gasteiger partial charge < -0.3 is 20.5 Å². The summed E-state index contributed by atoms with van der Waals surface area (Å²) in [4.78, 5) is 46.9. The fourth-order valence-corrected chi connectivity index (χ4v) is 2.26. The monoisotopic (exact) mass is 384 g/mol. The Hall–Kier alpha value is -3.68. The molecule has 146 valence electrons. The van der Waals surface area contributed by atoms with Crippen LogP contribution < -0.4 is 10.6 Å². The highest BCUT2D eigenvalue weighted by Gasteiger charge is 2.24. The zero-order valence-corrected chi connectivity index (χ0v) is 15.0. The Labute approximate surface area is 161 Å². The van der Waals surface area contributed by atoms with Crippen molar-refractivity contribution in [3.8, 4) is 0 Å². The van der Waals surface area contributed by atoms with E-state index in [-0.39, 0.29) is 6.61 Å². The Bertz CT molecular complexity index is 823. The summed E-state index contributed by atoms with van der Waals surface area (Å²) in [5.41, 5.74) is 1.13. The highest BCUT2D eigenvalue weighted by molar-refractivity contribution is 5.97. The first-order valence-electron chi connectivity index (χ1n) is 8.50. The van der Waals surface area contributed by atoms with Gasteiger partial charge in [0.1, 0.15) is 12.6 Å². The molecule has 2 aromatic carbocycles. The van der Waals surface area contributed by atoms with Crippen LogP contribution in [0.5, 0.6) is 0 Å². The van der Waals surface area contributed by atoms with Crippen molar-refractivity contribution in [1.82, 2.24) is 10.6 Å². The predicted molar refractivity (Wildman–Crippen MR) is 99.2 cm³/mol. The molecule has 1 atom stereocenters. The van der Waals surface area contributed by atoms with Gasteiger partial charge in [0.25, 0.3) is 5.91 Å². The number of hydrogen-bond donors (Lipinski definition) is 3. The number of amides is 2. The molecule has 8 heteroatoms. The zero-order valence-electron chi connectivity index (χ0n) is 15.0. The molecule has 3 N–H and O–H groups in total. The first kappa shape index (κ1) is 20.6. The lowest BCUT2D eigenvalue weighted by molar-refractivity contribution is -0.151. The van der Waals surface area contributed by atoms with Gasteiger partial charge in [-0.3, -0.25) is 14.4 Å². The second-order valence-electron chi connectivity index (χ2n) is 5.86. The van der Waals surface area contributed by atoms with Gasteiger partial charge in [0.15, 0.2) is 0 Å². The van der Waals surface area contributed by atoms with E-state index in [0.29, 0.717) is 5.56 Å². The van der Waals surface area contributed by atoms with Crippen LogP contribution in [0.3, 0.4) is 0 Å². The molecule has 0 unspecified atom stereocenters. The van der Waals surface area contributed by atoms with Crippen molar-refractivity contribution in [3.05, 3.63) is 71.8 Å². The van der Waals surface area contributed by atoms with E-state index in [2.05, 4.69) is 10.6 Å². The number of ether oxygens (including phenoxy) is 1. The standard InChI is InChI=1S/C20H20N2O6/c23-17(12-21-19(25)15-9-5-2-6-10-15)22-16(20(26)27)11-18(24)28-13-14-7-3-1-4-8-14/h1-10,16H,11-13H2,(H,21,25)(H,22,23)(H,26,27)/t16-/m0/s1. The largest absolute Gasteiger partial charge is 0.480 e. The molecule has 0 aliphatic carbocycles. The Morgan fingerprint density at radius 1 is 0.929 bits per heavy atom. The van der Waals surface area contributed by atoms with Crippen molar-refractivity contribution in [2.45, 2.75) is 19.1 Å². The molecule has 0 aromatic heterocycles. The van der Waals surface area contributed by atoms with Crippen LogP contribution in [-0.4, -0.2) is 41.4 Å². The van der Waals surface area contributed by atoms with E-state index >= 15 is 0 Å². The predicted octanol–water partition coefficient (Wildman–Crippen LogP) is 1.12. The van der Waals surface area contributed by atoms with Crippen LogP contribution in [0.1, 0.15) is 22.3 Å². The minimum atomic E-state index is -1.45. The lowest BCUT2D eigenvalue weighted by Crippen LogP contribution is -2.46. The molecule has 0 radical (unpaired) electrons. The van der Waals surface area contributed by atoms with E-state index in [1.165, 1.54) is 0 Å². The molecule has 0 aliphatic heterocycles. The van der Waals surface area contributed by atoms with Gasteiger partial charge in [0.2, 0.25) is 5.91 Å². The summed E-state index contributed by atoms with van der Waals surface area (Å²) in [6.45, 7) is -0.413. The average molecular weight is 384 g/mol. The number of carboxylic acid groups (broad SMARTS) is 1. The number of carbonyl (C=O) groups is 4. The summed E-state index contributed by atoms with van der Waals surface area (Å²) in [6.07, 6.45) is -0.527. The quantitative estimate of drug-likeness (QED) is 0.557. The lowest BCUT2D eigenvalue weighted by Gasteiger charge is -2.14. The molecule has 2 amide bonds. The summed E-state index contributed by atoms with van der Waals surface area (Å²) < 4.78 is 5.02. The van der Waals surface area contributed by atoms with Gasteiger partial charge in [0, 0.05) is 5.56 Å². The van der Waals surface area contributed by atoms with Crippen molar-refractivity contribution >= 4 is 23.8 Å². The number of rotatable bonds is 9. The van der Waals surface area contributed by atoms with Crippen LogP contribution in [-0.2, 0) is 25.7 Å². The van der Waals surface area contributed by atoms with E-state index in [0.717, 1.165) is 5.56 Å². The minimum Gasteiger partial charge on any atom is -0.480 e. The molecule has 0 aliphatic rings. The molecule has 28 heavy (non-hydrogen) atoms. The molecule has 0 bridgehead atoms. The van der Waals surface area contributed by atoms with Gasteiger partial charge in [0.05, 0.1) is 13.0 Å². The van der Waals surface area contributed by atoms with Gasteiger partial charge in [-0.05, 0) is 17.7 Å². The average Bonchev–Trinajstić information content (AvgIpc) is 2.71. The number of carbonyl (C=O) groups excluding carboxylic acids is 3. The van der Waals surface area contributed by atoms with Crippen molar-refractivity contribution < 1.29 is 29.0 Å². The molecule has 0 heterocycles. The molecular formula is C20H20N2O6. The van der Waals surface area contributed by atoms with Crippen LogP contribution in [0, 0.1) is 0 Å². The number of nitrogens with one attached hydrogen (secondary N) is 2. The summed E-state index contributed by atoms with van der Waals surface area (Å²) in [7, 11) is 0. The Morgan fingerprint density at radius 3 is 2.14 bits per heavy atom. The maximum atomic E-state index is 11.9. The molecule has 0 spiro atoms. The first-order valence-corrected chi connectivity index (χ1v) is 8.50. The normalized spacial score (nSPS) is 11.1. The molecule has 8 nitrogen and oxygen atoms in total. The van der Waals surface area contributed by atoms with Crippen molar-refractivity contribution in [1.29, 1.82) is 0 Å². The minimum absolute atomic E-state index is 0.00704. The SMILES string of the molecule is O=C(CNC(=O)c1ccccc1)N[C@@H](CC(=O)OCc1ccccc1)C(=O)O.